The van der Waals surface area contributed by atoms with Crippen LogP contribution in [0, 0.1) is 11.8 Å². The minimum atomic E-state index is -0.130. The zero-order valence-corrected chi connectivity index (χ0v) is 17.2. The van der Waals surface area contributed by atoms with Crippen molar-refractivity contribution in [3.8, 4) is 0 Å². The molecule has 2 atom stereocenters. The van der Waals surface area contributed by atoms with Crippen LogP contribution >= 0.6 is 0 Å². The van der Waals surface area contributed by atoms with E-state index < -0.39 is 0 Å². The van der Waals surface area contributed by atoms with Gasteiger partial charge in [0.05, 0.1) is 16.8 Å². The van der Waals surface area contributed by atoms with Gasteiger partial charge in [0.25, 0.3) is 5.91 Å². The molecular weight excluding hydrogens is 370 g/mol. The SMILES string of the molecule is CC1C=CC=C(CNC(=O)c2cc(C3=CC=CC(C)C=C3)nc3ccncc23)C=C1. The van der Waals surface area contributed by atoms with E-state index >= 15 is 0 Å². The number of pyridine rings is 2. The first-order valence-electron chi connectivity index (χ1n) is 10.3. The van der Waals surface area contributed by atoms with Crippen molar-refractivity contribution in [2.75, 3.05) is 6.54 Å². The van der Waals surface area contributed by atoms with E-state index in [4.69, 9.17) is 4.98 Å². The molecule has 0 aromatic carbocycles. The molecule has 1 N–H and O–H groups in total. The Hall–Kier alpha value is -3.53. The lowest BCUT2D eigenvalue weighted by molar-refractivity contribution is 0.0959. The molecule has 0 aliphatic heterocycles. The average Bonchev–Trinajstić information content (AvgIpc) is 3.11. The van der Waals surface area contributed by atoms with Crippen LogP contribution in [0.3, 0.4) is 0 Å². The van der Waals surface area contributed by atoms with Gasteiger partial charge < -0.3 is 5.32 Å². The molecule has 2 aliphatic rings. The standard InChI is InChI=1S/C26H25N3O/c1-18-5-3-7-20(11-9-18)16-28-26(30)22-15-25(21-8-4-6-19(2)10-12-21)29-24-13-14-27-17-23(22)24/h3-15,17-19H,16H2,1-2H3,(H,28,30). The van der Waals surface area contributed by atoms with E-state index in [0.717, 1.165) is 27.7 Å². The van der Waals surface area contributed by atoms with Gasteiger partial charge in [0.2, 0.25) is 0 Å². The van der Waals surface area contributed by atoms with Gasteiger partial charge in [0, 0.05) is 24.3 Å². The van der Waals surface area contributed by atoms with Gasteiger partial charge in [-0.05, 0) is 35.1 Å². The van der Waals surface area contributed by atoms with Crippen molar-refractivity contribution < 1.29 is 4.79 Å². The molecule has 0 spiro atoms. The molecule has 30 heavy (non-hydrogen) atoms. The molecule has 2 unspecified atom stereocenters. The van der Waals surface area contributed by atoms with Crippen molar-refractivity contribution in [2.45, 2.75) is 13.8 Å². The van der Waals surface area contributed by atoms with Gasteiger partial charge in [-0.2, -0.15) is 0 Å². The molecule has 0 saturated carbocycles. The monoisotopic (exact) mass is 395 g/mol. The third-order valence-electron chi connectivity index (χ3n) is 5.21. The predicted octanol–water partition coefficient (Wildman–Crippen LogP) is 5.19. The molecule has 150 valence electrons. The summed E-state index contributed by atoms with van der Waals surface area (Å²) < 4.78 is 0. The average molecular weight is 396 g/mol. The Morgan fingerprint density at radius 2 is 1.80 bits per heavy atom. The highest BCUT2D eigenvalue weighted by molar-refractivity contribution is 6.06. The zero-order chi connectivity index (χ0) is 20.9. The van der Waals surface area contributed by atoms with Gasteiger partial charge in [0.15, 0.2) is 0 Å². The Morgan fingerprint density at radius 1 is 1.03 bits per heavy atom. The fourth-order valence-corrected chi connectivity index (χ4v) is 3.43. The number of hydrogen-bond donors (Lipinski definition) is 1. The molecule has 4 heteroatoms. The highest BCUT2D eigenvalue weighted by atomic mass is 16.1. The number of rotatable bonds is 4. The first kappa shape index (κ1) is 19.8. The fourth-order valence-electron chi connectivity index (χ4n) is 3.43. The minimum Gasteiger partial charge on any atom is -0.348 e. The normalized spacial score (nSPS) is 20.5. The summed E-state index contributed by atoms with van der Waals surface area (Å²) in [6.07, 6.45) is 24.2. The topological polar surface area (TPSA) is 54.9 Å². The molecule has 2 aromatic heterocycles. The number of amides is 1. The summed E-state index contributed by atoms with van der Waals surface area (Å²) in [5, 5.41) is 3.80. The summed E-state index contributed by atoms with van der Waals surface area (Å²) in [4.78, 5) is 22.1. The third kappa shape index (κ3) is 4.54. The first-order valence-corrected chi connectivity index (χ1v) is 10.3. The van der Waals surface area contributed by atoms with E-state index in [-0.39, 0.29) is 5.91 Å². The Balaban J connectivity index is 1.65. The van der Waals surface area contributed by atoms with E-state index in [9.17, 15) is 4.79 Å². The van der Waals surface area contributed by atoms with Gasteiger partial charge >= 0.3 is 0 Å². The summed E-state index contributed by atoms with van der Waals surface area (Å²) >= 11 is 0. The lowest BCUT2D eigenvalue weighted by Crippen LogP contribution is -2.25. The maximum Gasteiger partial charge on any atom is 0.252 e. The Morgan fingerprint density at radius 3 is 2.63 bits per heavy atom. The Labute approximate surface area is 177 Å². The maximum atomic E-state index is 13.1. The number of nitrogens with one attached hydrogen (secondary N) is 1. The molecule has 2 aromatic rings. The van der Waals surface area contributed by atoms with Crippen LogP contribution in [0.2, 0.25) is 0 Å². The molecule has 2 heterocycles. The predicted molar refractivity (Wildman–Crippen MR) is 123 cm³/mol. The molecular formula is C26H25N3O. The smallest absolute Gasteiger partial charge is 0.252 e. The van der Waals surface area contributed by atoms with Crippen molar-refractivity contribution in [2.24, 2.45) is 11.8 Å². The summed E-state index contributed by atoms with van der Waals surface area (Å²) in [6, 6.07) is 3.70. The van der Waals surface area contributed by atoms with E-state index in [1.807, 2.05) is 36.4 Å². The molecule has 4 rings (SSSR count). The van der Waals surface area contributed by atoms with E-state index in [1.54, 1.807) is 12.4 Å². The fraction of sp³-hybridized carbons (Fsp3) is 0.192. The molecule has 2 aliphatic carbocycles. The summed E-state index contributed by atoms with van der Waals surface area (Å²) in [5.74, 6) is 0.628. The summed E-state index contributed by atoms with van der Waals surface area (Å²) in [5.41, 5.74) is 4.17. The molecule has 4 nitrogen and oxygen atoms in total. The lowest BCUT2D eigenvalue weighted by atomic mass is 10.0. The van der Waals surface area contributed by atoms with Gasteiger partial charge in [-0.15, -0.1) is 0 Å². The van der Waals surface area contributed by atoms with Gasteiger partial charge in [-0.1, -0.05) is 74.6 Å². The Bertz CT molecular complexity index is 1150. The van der Waals surface area contributed by atoms with Crippen LogP contribution in [0.4, 0.5) is 0 Å². The van der Waals surface area contributed by atoms with Crippen molar-refractivity contribution in [3.05, 3.63) is 102 Å². The van der Waals surface area contributed by atoms with E-state index in [0.29, 0.717) is 23.9 Å². The van der Waals surface area contributed by atoms with Crippen LogP contribution in [-0.2, 0) is 0 Å². The first-order chi connectivity index (χ1) is 14.6. The second kappa shape index (κ2) is 8.87. The minimum absolute atomic E-state index is 0.130. The Kier molecular flexibility index (Phi) is 5.84. The number of carbonyl (C=O) groups excluding carboxylic acids is 1. The van der Waals surface area contributed by atoms with Crippen LogP contribution in [-0.4, -0.2) is 22.4 Å². The third-order valence-corrected chi connectivity index (χ3v) is 5.21. The quantitative estimate of drug-likeness (QED) is 0.775. The second-order valence-corrected chi connectivity index (χ2v) is 7.70. The van der Waals surface area contributed by atoms with Gasteiger partial charge in [-0.25, -0.2) is 4.98 Å². The van der Waals surface area contributed by atoms with Crippen LogP contribution in [0.25, 0.3) is 16.5 Å². The van der Waals surface area contributed by atoms with Crippen molar-refractivity contribution in [1.82, 2.24) is 15.3 Å². The number of carbonyl (C=O) groups is 1. The number of allylic oxidation sites excluding steroid dienone is 10. The molecule has 0 radical (unpaired) electrons. The van der Waals surface area contributed by atoms with Crippen LogP contribution in [0.1, 0.15) is 29.9 Å². The maximum absolute atomic E-state index is 13.1. The lowest BCUT2D eigenvalue weighted by Gasteiger charge is -2.11. The van der Waals surface area contributed by atoms with Crippen LogP contribution in [0.15, 0.2) is 90.9 Å². The number of fused-ring (bicyclic) bond motifs is 1. The highest BCUT2D eigenvalue weighted by Gasteiger charge is 2.15. The van der Waals surface area contributed by atoms with Crippen LogP contribution < -0.4 is 5.32 Å². The number of hydrogen-bond acceptors (Lipinski definition) is 3. The summed E-state index contributed by atoms with van der Waals surface area (Å²) in [6.45, 7) is 4.73. The second-order valence-electron chi connectivity index (χ2n) is 7.70. The van der Waals surface area contributed by atoms with Gasteiger partial charge in [0.1, 0.15) is 0 Å². The highest BCUT2D eigenvalue weighted by Crippen LogP contribution is 2.24. The zero-order valence-electron chi connectivity index (χ0n) is 17.2. The van der Waals surface area contributed by atoms with Crippen molar-refractivity contribution in [1.29, 1.82) is 0 Å². The number of aromatic nitrogens is 2. The van der Waals surface area contributed by atoms with Crippen molar-refractivity contribution >= 4 is 22.4 Å². The molecule has 0 bridgehead atoms. The molecule has 0 saturated heterocycles. The number of nitrogens with zero attached hydrogens (tertiary/aromatic N) is 2. The van der Waals surface area contributed by atoms with Gasteiger partial charge in [-0.3, -0.25) is 9.78 Å². The van der Waals surface area contributed by atoms with E-state index in [2.05, 4.69) is 60.6 Å². The largest absolute Gasteiger partial charge is 0.348 e. The van der Waals surface area contributed by atoms with Crippen LogP contribution in [0.5, 0.6) is 0 Å². The van der Waals surface area contributed by atoms with Crippen molar-refractivity contribution in [3.63, 3.8) is 0 Å². The molecule has 0 fully saturated rings. The van der Waals surface area contributed by atoms with E-state index in [1.165, 1.54) is 0 Å². The summed E-state index contributed by atoms with van der Waals surface area (Å²) in [7, 11) is 0. The molecule has 1 amide bonds.